The van der Waals surface area contributed by atoms with Crippen LogP contribution in [-0.4, -0.2) is 34.5 Å². The average Bonchev–Trinajstić information content (AvgIpc) is 3.18. The summed E-state index contributed by atoms with van der Waals surface area (Å²) in [6.07, 6.45) is 3.09. The zero-order valence-electron chi connectivity index (χ0n) is 11.5. The summed E-state index contributed by atoms with van der Waals surface area (Å²) in [7, 11) is 1.71. The van der Waals surface area contributed by atoms with Crippen molar-refractivity contribution >= 4 is 17.5 Å². The van der Waals surface area contributed by atoms with Crippen molar-refractivity contribution in [3.05, 3.63) is 15.8 Å². The summed E-state index contributed by atoms with van der Waals surface area (Å²) in [6.45, 7) is 4.50. The minimum Gasteiger partial charge on any atom is -0.357 e. The largest absolute Gasteiger partial charge is 0.357 e. The molecule has 0 aromatic carbocycles. The van der Waals surface area contributed by atoms with E-state index in [0.717, 1.165) is 25.8 Å². The molecule has 1 fully saturated rings. The van der Waals surface area contributed by atoms with E-state index < -0.39 is 0 Å². The number of hydrogen-bond donors (Lipinski definition) is 1. The van der Waals surface area contributed by atoms with Gasteiger partial charge in [-0.2, -0.15) is 4.98 Å². The molecule has 0 aliphatic heterocycles. The Balaban J connectivity index is 2.50. The highest BCUT2D eigenvalue weighted by Gasteiger charge is 2.35. The molecule has 1 heterocycles. The van der Waals surface area contributed by atoms with Crippen molar-refractivity contribution < 1.29 is 4.92 Å². The van der Waals surface area contributed by atoms with E-state index in [4.69, 9.17) is 0 Å². The average molecular weight is 265 g/mol. The first kappa shape index (κ1) is 13.5. The molecule has 0 unspecified atom stereocenters. The number of nitrogens with one attached hydrogen (secondary N) is 1. The number of hydrogen-bond acceptors (Lipinski definition) is 6. The van der Waals surface area contributed by atoms with E-state index >= 15 is 0 Å². The van der Waals surface area contributed by atoms with E-state index in [1.807, 2.05) is 4.90 Å². The molecule has 1 aromatic rings. The SMILES string of the molecule is CCCN(c1nc(NC)nc(C)c1[N+](=O)[O-])C1CC1. The van der Waals surface area contributed by atoms with Crippen LogP contribution >= 0.6 is 0 Å². The molecule has 1 aromatic heterocycles. The lowest BCUT2D eigenvalue weighted by Gasteiger charge is -2.23. The third-order valence-electron chi connectivity index (χ3n) is 3.17. The third kappa shape index (κ3) is 2.74. The van der Waals surface area contributed by atoms with Gasteiger partial charge in [0, 0.05) is 19.6 Å². The Morgan fingerprint density at radius 3 is 2.63 bits per heavy atom. The first-order chi connectivity index (χ1) is 9.08. The molecule has 1 aliphatic rings. The Morgan fingerprint density at radius 2 is 2.16 bits per heavy atom. The number of aryl methyl sites for hydroxylation is 1. The summed E-state index contributed by atoms with van der Waals surface area (Å²) >= 11 is 0. The first-order valence-electron chi connectivity index (χ1n) is 6.55. The minimum absolute atomic E-state index is 0.0272. The number of nitrogens with zero attached hydrogens (tertiary/aromatic N) is 4. The Labute approximate surface area is 112 Å². The van der Waals surface area contributed by atoms with Gasteiger partial charge in [-0.05, 0) is 26.2 Å². The van der Waals surface area contributed by atoms with E-state index in [1.165, 1.54) is 0 Å². The molecule has 0 spiro atoms. The van der Waals surface area contributed by atoms with Crippen LogP contribution in [0.2, 0.25) is 0 Å². The summed E-state index contributed by atoms with van der Waals surface area (Å²) in [5.41, 5.74) is 0.431. The van der Waals surface area contributed by atoms with Gasteiger partial charge in [0.2, 0.25) is 11.8 Å². The summed E-state index contributed by atoms with van der Waals surface area (Å²) in [5.74, 6) is 0.881. The second-order valence-electron chi connectivity index (χ2n) is 4.74. The molecule has 104 valence electrons. The molecule has 1 saturated carbocycles. The molecule has 7 nitrogen and oxygen atoms in total. The summed E-state index contributed by atoms with van der Waals surface area (Å²) in [6, 6.07) is 0.387. The fraction of sp³-hybridized carbons (Fsp3) is 0.667. The normalized spacial score (nSPS) is 14.3. The molecule has 2 rings (SSSR count). The third-order valence-corrected chi connectivity index (χ3v) is 3.17. The maximum atomic E-state index is 11.3. The minimum atomic E-state index is -0.380. The predicted molar refractivity (Wildman–Crippen MR) is 73.6 cm³/mol. The molecule has 1 aliphatic carbocycles. The predicted octanol–water partition coefficient (Wildman–Crippen LogP) is 2.11. The van der Waals surface area contributed by atoms with Crippen molar-refractivity contribution in [2.45, 2.75) is 39.2 Å². The summed E-state index contributed by atoms with van der Waals surface area (Å²) < 4.78 is 0. The van der Waals surface area contributed by atoms with Crippen LogP contribution in [-0.2, 0) is 0 Å². The first-order valence-corrected chi connectivity index (χ1v) is 6.55. The topological polar surface area (TPSA) is 84.2 Å². The monoisotopic (exact) mass is 265 g/mol. The number of aromatic nitrogens is 2. The van der Waals surface area contributed by atoms with Gasteiger partial charge in [0.15, 0.2) is 0 Å². The van der Waals surface area contributed by atoms with Gasteiger partial charge in [-0.25, -0.2) is 4.98 Å². The van der Waals surface area contributed by atoms with Crippen LogP contribution in [0.4, 0.5) is 17.5 Å². The van der Waals surface area contributed by atoms with Gasteiger partial charge in [-0.1, -0.05) is 6.92 Å². The summed E-state index contributed by atoms with van der Waals surface area (Å²) in [5, 5.41) is 14.1. The zero-order chi connectivity index (χ0) is 14.0. The number of nitro groups is 1. The van der Waals surface area contributed by atoms with Crippen LogP contribution in [0.3, 0.4) is 0 Å². The van der Waals surface area contributed by atoms with Crippen LogP contribution in [0.5, 0.6) is 0 Å². The van der Waals surface area contributed by atoms with Gasteiger partial charge < -0.3 is 10.2 Å². The van der Waals surface area contributed by atoms with E-state index in [9.17, 15) is 10.1 Å². The number of rotatable bonds is 6. The van der Waals surface area contributed by atoms with E-state index in [0.29, 0.717) is 23.5 Å². The Kier molecular flexibility index (Phi) is 3.82. The van der Waals surface area contributed by atoms with Gasteiger partial charge in [-0.15, -0.1) is 0 Å². The molecule has 0 radical (unpaired) electrons. The van der Waals surface area contributed by atoms with Crippen LogP contribution in [0.1, 0.15) is 31.9 Å². The fourth-order valence-corrected chi connectivity index (χ4v) is 2.17. The highest BCUT2D eigenvalue weighted by molar-refractivity contribution is 5.63. The van der Waals surface area contributed by atoms with E-state index in [-0.39, 0.29) is 10.6 Å². The maximum absolute atomic E-state index is 11.3. The van der Waals surface area contributed by atoms with Crippen molar-refractivity contribution in [3.63, 3.8) is 0 Å². The second-order valence-corrected chi connectivity index (χ2v) is 4.74. The quantitative estimate of drug-likeness (QED) is 0.626. The van der Waals surface area contributed by atoms with Crippen LogP contribution in [0.15, 0.2) is 0 Å². The number of anilines is 2. The smallest absolute Gasteiger partial charge is 0.332 e. The molecule has 0 amide bonds. The second kappa shape index (κ2) is 5.38. The van der Waals surface area contributed by atoms with Gasteiger partial charge in [0.25, 0.3) is 0 Å². The fourth-order valence-electron chi connectivity index (χ4n) is 2.17. The van der Waals surface area contributed by atoms with Crippen molar-refractivity contribution in [2.75, 3.05) is 23.8 Å². The Hall–Kier alpha value is -1.92. The van der Waals surface area contributed by atoms with Crippen LogP contribution in [0, 0.1) is 17.0 Å². The van der Waals surface area contributed by atoms with Crippen LogP contribution in [0.25, 0.3) is 0 Å². The lowest BCUT2D eigenvalue weighted by Crippen LogP contribution is -2.29. The van der Waals surface area contributed by atoms with Crippen LogP contribution < -0.4 is 10.2 Å². The Bertz CT molecular complexity index is 487. The molecule has 0 saturated heterocycles. The standard InChI is InChI=1S/C12H19N5O2/c1-4-7-16(9-5-6-9)11-10(17(18)19)8(2)14-12(13-3)15-11/h9H,4-7H2,1-3H3,(H,13,14,15). The molecule has 1 N–H and O–H groups in total. The molecular formula is C12H19N5O2. The highest BCUT2D eigenvalue weighted by Crippen LogP contribution is 2.37. The van der Waals surface area contributed by atoms with Crippen molar-refractivity contribution in [3.8, 4) is 0 Å². The maximum Gasteiger partial charge on any atom is 0.332 e. The molecular weight excluding hydrogens is 246 g/mol. The lowest BCUT2D eigenvalue weighted by atomic mass is 10.3. The summed E-state index contributed by atoms with van der Waals surface area (Å²) in [4.78, 5) is 21.4. The zero-order valence-corrected chi connectivity index (χ0v) is 11.5. The van der Waals surface area contributed by atoms with Crippen molar-refractivity contribution in [1.82, 2.24) is 9.97 Å². The van der Waals surface area contributed by atoms with E-state index in [1.54, 1.807) is 14.0 Å². The Morgan fingerprint density at radius 1 is 1.47 bits per heavy atom. The molecule has 0 bridgehead atoms. The lowest BCUT2D eigenvalue weighted by molar-refractivity contribution is -0.385. The molecule has 19 heavy (non-hydrogen) atoms. The van der Waals surface area contributed by atoms with Gasteiger partial charge in [0.1, 0.15) is 5.69 Å². The van der Waals surface area contributed by atoms with Gasteiger partial charge >= 0.3 is 5.69 Å². The molecule has 7 heteroatoms. The van der Waals surface area contributed by atoms with Crippen molar-refractivity contribution in [2.24, 2.45) is 0 Å². The van der Waals surface area contributed by atoms with E-state index in [2.05, 4.69) is 22.2 Å². The van der Waals surface area contributed by atoms with Gasteiger partial charge in [-0.3, -0.25) is 10.1 Å². The van der Waals surface area contributed by atoms with Crippen molar-refractivity contribution in [1.29, 1.82) is 0 Å². The van der Waals surface area contributed by atoms with Gasteiger partial charge in [0.05, 0.1) is 4.92 Å². The molecule has 0 atom stereocenters. The highest BCUT2D eigenvalue weighted by atomic mass is 16.6.